The highest BCUT2D eigenvalue weighted by atomic mass is 32.2. The van der Waals surface area contributed by atoms with Crippen molar-refractivity contribution in [3.05, 3.63) is 59.0 Å². The molecule has 0 saturated carbocycles. The van der Waals surface area contributed by atoms with Crippen LogP contribution in [0.25, 0.3) is 0 Å². The van der Waals surface area contributed by atoms with Crippen LogP contribution >= 0.6 is 11.8 Å². The Kier molecular flexibility index (Phi) is 5.78. The molecule has 6 heteroatoms. The molecule has 2 rings (SSSR count). The summed E-state index contributed by atoms with van der Waals surface area (Å²) in [7, 11) is 0. The molecule has 0 spiro atoms. The molecule has 0 radical (unpaired) electrons. The third kappa shape index (κ3) is 5.21. The van der Waals surface area contributed by atoms with Gasteiger partial charge in [-0.1, -0.05) is 23.9 Å². The van der Waals surface area contributed by atoms with Gasteiger partial charge in [-0.2, -0.15) is 14.0 Å². The summed E-state index contributed by atoms with van der Waals surface area (Å²) in [5, 5.41) is 11.9. The first-order valence-corrected chi connectivity index (χ1v) is 7.39. The van der Waals surface area contributed by atoms with Gasteiger partial charge in [0.25, 0.3) is 5.76 Å². The molecule has 0 saturated heterocycles. The Bertz CT molecular complexity index is 605. The van der Waals surface area contributed by atoms with Gasteiger partial charge in [0, 0.05) is 6.54 Å². The third-order valence-electron chi connectivity index (χ3n) is 2.78. The SMILES string of the molecule is N#Cc1ccc(CNCc2ccc(CSC(F)F)o2)cc1. The maximum absolute atomic E-state index is 12.1. The number of hydrogen-bond acceptors (Lipinski definition) is 4. The van der Waals surface area contributed by atoms with E-state index in [9.17, 15) is 8.78 Å². The van der Waals surface area contributed by atoms with E-state index >= 15 is 0 Å². The number of hydrogen-bond donors (Lipinski definition) is 1. The molecule has 0 unspecified atom stereocenters. The molecule has 1 N–H and O–H groups in total. The van der Waals surface area contributed by atoms with Gasteiger partial charge in [-0.3, -0.25) is 0 Å². The highest BCUT2D eigenvalue weighted by Crippen LogP contribution is 2.21. The van der Waals surface area contributed by atoms with Crippen molar-refractivity contribution in [3.63, 3.8) is 0 Å². The number of rotatable bonds is 7. The maximum atomic E-state index is 12.1. The van der Waals surface area contributed by atoms with Crippen LogP contribution in [-0.4, -0.2) is 5.76 Å². The molecular weight excluding hydrogens is 294 g/mol. The molecule has 21 heavy (non-hydrogen) atoms. The van der Waals surface area contributed by atoms with Crippen LogP contribution in [0.5, 0.6) is 0 Å². The van der Waals surface area contributed by atoms with E-state index < -0.39 is 5.76 Å². The van der Waals surface area contributed by atoms with Crippen LogP contribution < -0.4 is 5.32 Å². The van der Waals surface area contributed by atoms with Crippen molar-refractivity contribution in [3.8, 4) is 6.07 Å². The van der Waals surface area contributed by atoms with Crippen molar-refractivity contribution >= 4 is 11.8 Å². The topological polar surface area (TPSA) is 49.0 Å². The summed E-state index contributed by atoms with van der Waals surface area (Å²) in [4.78, 5) is 0. The Morgan fingerprint density at radius 2 is 1.81 bits per heavy atom. The molecular formula is C15H14F2N2OS. The van der Waals surface area contributed by atoms with Gasteiger partial charge in [-0.15, -0.1) is 0 Å². The summed E-state index contributed by atoms with van der Waals surface area (Å²) in [5.74, 6) is -0.940. The zero-order valence-electron chi connectivity index (χ0n) is 11.2. The van der Waals surface area contributed by atoms with E-state index in [0.717, 1.165) is 5.56 Å². The average molecular weight is 308 g/mol. The molecule has 0 bridgehead atoms. The van der Waals surface area contributed by atoms with Gasteiger partial charge in [-0.25, -0.2) is 0 Å². The maximum Gasteiger partial charge on any atom is 0.284 e. The van der Waals surface area contributed by atoms with E-state index in [1.165, 1.54) is 0 Å². The molecule has 1 aromatic heterocycles. The number of benzene rings is 1. The molecule has 3 nitrogen and oxygen atoms in total. The average Bonchev–Trinajstić information content (AvgIpc) is 2.94. The van der Waals surface area contributed by atoms with E-state index in [2.05, 4.69) is 11.4 Å². The van der Waals surface area contributed by atoms with Crippen molar-refractivity contribution in [2.45, 2.75) is 24.6 Å². The first-order chi connectivity index (χ1) is 10.2. The number of nitriles is 1. The first-order valence-electron chi connectivity index (χ1n) is 6.34. The lowest BCUT2D eigenvalue weighted by Gasteiger charge is -2.03. The summed E-state index contributed by atoms with van der Waals surface area (Å²) in [6.07, 6.45) is 0. The number of halogens is 2. The lowest BCUT2D eigenvalue weighted by molar-refractivity contribution is 0.251. The molecule has 0 atom stereocenters. The lowest BCUT2D eigenvalue weighted by atomic mass is 10.1. The largest absolute Gasteiger partial charge is 0.464 e. The van der Waals surface area contributed by atoms with Crippen LogP contribution in [0.1, 0.15) is 22.6 Å². The van der Waals surface area contributed by atoms with E-state index in [1.54, 1.807) is 24.3 Å². The Balaban J connectivity index is 1.76. The third-order valence-corrected chi connectivity index (χ3v) is 3.48. The predicted molar refractivity (Wildman–Crippen MR) is 77.7 cm³/mol. The normalized spacial score (nSPS) is 10.8. The van der Waals surface area contributed by atoms with E-state index in [4.69, 9.17) is 9.68 Å². The lowest BCUT2D eigenvalue weighted by Crippen LogP contribution is -2.12. The van der Waals surface area contributed by atoms with Gasteiger partial charge in [-0.05, 0) is 29.8 Å². The first kappa shape index (κ1) is 15.5. The molecule has 110 valence electrons. The predicted octanol–water partition coefficient (Wildman–Crippen LogP) is 3.90. The van der Waals surface area contributed by atoms with Gasteiger partial charge in [0.15, 0.2) is 0 Å². The molecule has 1 aromatic carbocycles. The minimum atomic E-state index is -2.38. The summed E-state index contributed by atoms with van der Waals surface area (Å²) >= 11 is 0.548. The van der Waals surface area contributed by atoms with Crippen LogP contribution in [-0.2, 0) is 18.8 Å². The fraction of sp³-hybridized carbons (Fsp3) is 0.267. The van der Waals surface area contributed by atoms with Gasteiger partial charge in [0.05, 0.1) is 23.9 Å². The molecule has 0 aliphatic carbocycles. The molecule has 0 fully saturated rings. The molecule has 2 aromatic rings. The Morgan fingerprint density at radius 1 is 1.10 bits per heavy atom. The standard InChI is InChI=1S/C15H14F2N2OS/c16-15(17)21-10-14-6-5-13(20-14)9-19-8-12-3-1-11(7-18)2-4-12/h1-6,15,19H,8-10H2. The van der Waals surface area contributed by atoms with Crippen molar-refractivity contribution < 1.29 is 13.2 Å². The van der Waals surface area contributed by atoms with Crippen LogP contribution in [0, 0.1) is 11.3 Å². The van der Waals surface area contributed by atoms with Crippen LogP contribution in [0.3, 0.4) is 0 Å². The van der Waals surface area contributed by atoms with Crippen LogP contribution in [0.15, 0.2) is 40.8 Å². The van der Waals surface area contributed by atoms with Gasteiger partial charge < -0.3 is 9.73 Å². The molecule has 0 aliphatic heterocycles. The monoisotopic (exact) mass is 308 g/mol. The summed E-state index contributed by atoms with van der Waals surface area (Å²) in [6, 6.07) is 12.9. The van der Waals surface area contributed by atoms with Crippen molar-refractivity contribution in [2.75, 3.05) is 0 Å². The second-order valence-corrected chi connectivity index (χ2v) is 5.33. The van der Waals surface area contributed by atoms with Gasteiger partial charge in [0.1, 0.15) is 11.5 Å². The molecule has 0 amide bonds. The van der Waals surface area contributed by atoms with E-state index in [-0.39, 0.29) is 5.75 Å². The van der Waals surface area contributed by atoms with Crippen LogP contribution in [0.4, 0.5) is 8.78 Å². The smallest absolute Gasteiger partial charge is 0.284 e. The Morgan fingerprint density at radius 3 is 2.48 bits per heavy atom. The number of nitrogens with one attached hydrogen (secondary N) is 1. The zero-order chi connectivity index (χ0) is 15.1. The minimum absolute atomic E-state index is 0.174. The Hall–Kier alpha value is -1.84. The van der Waals surface area contributed by atoms with Crippen LogP contribution in [0.2, 0.25) is 0 Å². The van der Waals surface area contributed by atoms with Crippen molar-refractivity contribution in [1.82, 2.24) is 5.32 Å². The number of alkyl halides is 2. The number of nitrogens with zero attached hydrogens (tertiary/aromatic N) is 1. The summed E-state index contributed by atoms with van der Waals surface area (Å²) in [5.41, 5.74) is 1.69. The fourth-order valence-electron chi connectivity index (χ4n) is 1.77. The fourth-order valence-corrected chi connectivity index (χ4v) is 2.21. The zero-order valence-corrected chi connectivity index (χ0v) is 12.0. The van der Waals surface area contributed by atoms with Crippen molar-refractivity contribution in [1.29, 1.82) is 5.26 Å². The van der Waals surface area contributed by atoms with Crippen molar-refractivity contribution in [2.24, 2.45) is 0 Å². The quantitative estimate of drug-likeness (QED) is 0.843. The second-order valence-electron chi connectivity index (χ2n) is 4.35. The highest BCUT2D eigenvalue weighted by Gasteiger charge is 2.07. The Labute approximate surface area is 126 Å². The summed E-state index contributed by atoms with van der Waals surface area (Å²) < 4.78 is 29.6. The molecule has 0 aliphatic rings. The van der Waals surface area contributed by atoms with Gasteiger partial charge >= 0.3 is 0 Å². The minimum Gasteiger partial charge on any atom is -0.464 e. The van der Waals surface area contributed by atoms with E-state index in [0.29, 0.717) is 41.9 Å². The van der Waals surface area contributed by atoms with E-state index in [1.807, 2.05) is 12.1 Å². The number of furan rings is 1. The summed E-state index contributed by atoms with van der Waals surface area (Å²) in [6.45, 7) is 1.17. The highest BCUT2D eigenvalue weighted by molar-refractivity contribution is 7.98. The van der Waals surface area contributed by atoms with Gasteiger partial charge in [0.2, 0.25) is 0 Å². The second kappa shape index (κ2) is 7.81. The number of thioether (sulfide) groups is 1. The molecule has 1 heterocycles.